The molecule has 0 unspecified atom stereocenters. The molecule has 1 aromatic carbocycles. The molecule has 0 radical (unpaired) electrons. The van der Waals surface area contributed by atoms with Gasteiger partial charge in [-0.1, -0.05) is 6.07 Å². The van der Waals surface area contributed by atoms with Gasteiger partial charge in [-0.15, -0.1) is 0 Å². The van der Waals surface area contributed by atoms with Crippen LogP contribution in [0.5, 0.6) is 0 Å². The van der Waals surface area contributed by atoms with Crippen LogP contribution in [0.2, 0.25) is 0 Å². The third-order valence-electron chi connectivity index (χ3n) is 2.83. The molecule has 5 heteroatoms. The number of anilines is 1. The Bertz CT molecular complexity index is 416. The van der Waals surface area contributed by atoms with Gasteiger partial charge in [-0.25, -0.2) is 0 Å². The van der Waals surface area contributed by atoms with Crippen molar-refractivity contribution in [1.29, 1.82) is 0 Å². The average molecular weight is 238 g/mol. The minimum atomic E-state index is -0.702. The smallest absolute Gasteiger partial charge is 0.292 e. The van der Waals surface area contributed by atoms with Gasteiger partial charge in [0.05, 0.1) is 11.0 Å². The molecule has 0 aromatic heterocycles. The van der Waals surface area contributed by atoms with Crippen LogP contribution in [-0.4, -0.2) is 23.1 Å². The first-order valence-corrected chi connectivity index (χ1v) is 5.53. The van der Waals surface area contributed by atoms with Gasteiger partial charge in [0.15, 0.2) is 0 Å². The quantitative estimate of drug-likeness (QED) is 0.646. The highest BCUT2D eigenvalue weighted by molar-refractivity contribution is 5.64. The van der Waals surface area contributed by atoms with E-state index in [2.05, 4.69) is 0 Å². The van der Waals surface area contributed by atoms with Crippen LogP contribution >= 0.6 is 0 Å². The van der Waals surface area contributed by atoms with Crippen LogP contribution in [0.1, 0.15) is 32.4 Å². The van der Waals surface area contributed by atoms with Crippen LogP contribution in [0.3, 0.4) is 0 Å². The van der Waals surface area contributed by atoms with Crippen LogP contribution < -0.4 is 4.90 Å². The van der Waals surface area contributed by atoms with Gasteiger partial charge in [-0.05, 0) is 32.4 Å². The first kappa shape index (κ1) is 13.4. The fourth-order valence-electron chi connectivity index (χ4n) is 1.52. The lowest BCUT2D eigenvalue weighted by molar-refractivity contribution is -0.384. The number of rotatable bonds is 4. The topological polar surface area (TPSA) is 66.6 Å². The van der Waals surface area contributed by atoms with Gasteiger partial charge in [0.25, 0.3) is 5.69 Å². The van der Waals surface area contributed by atoms with E-state index >= 15 is 0 Å². The van der Waals surface area contributed by atoms with Crippen molar-refractivity contribution in [3.05, 3.63) is 33.9 Å². The van der Waals surface area contributed by atoms with E-state index in [4.69, 9.17) is 0 Å². The molecule has 0 saturated heterocycles. The van der Waals surface area contributed by atoms with E-state index in [-0.39, 0.29) is 11.7 Å². The maximum atomic E-state index is 11.0. The second-order valence-electron chi connectivity index (χ2n) is 4.39. The van der Waals surface area contributed by atoms with Gasteiger partial charge in [0, 0.05) is 19.2 Å². The molecule has 0 aliphatic heterocycles. The Labute approximate surface area is 101 Å². The Morgan fingerprint density at radius 3 is 2.35 bits per heavy atom. The molecule has 94 valence electrons. The maximum Gasteiger partial charge on any atom is 0.292 e. The number of hydrogen-bond donors (Lipinski definition) is 1. The van der Waals surface area contributed by atoms with Crippen molar-refractivity contribution in [2.24, 2.45) is 0 Å². The highest BCUT2D eigenvalue weighted by Crippen LogP contribution is 2.31. The number of nitrogens with zero attached hydrogens (tertiary/aromatic N) is 2. The zero-order valence-corrected chi connectivity index (χ0v) is 10.5. The summed E-state index contributed by atoms with van der Waals surface area (Å²) in [5.74, 6) is 0. The minimum absolute atomic E-state index is 0.0274. The van der Waals surface area contributed by atoms with Crippen molar-refractivity contribution in [3.63, 3.8) is 0 Å². The van der Waals surface area contributed by atoms with E-state index in [1.807, 2.05) is 25.8 Å². The Hall–Kier alpha value is -1.62. The second-order valence-corrected chi connectivity index (χ2v) is 4.39. The van der Waals surface area contributed by atoms with Crippen molar-refractivity contribution in [1.82, 2.24) is 0 Å². The molecule has 0 aliphatic carbocycles. The van der Waals surface area contributed by atoms with Crippen LogP contribution in [0, 0.1) is 10.1 Å². The Kier molecular flexibility index (Phi) is 4.07. The minimum Gasteiger partial charge on any atom is -0.389 e. The van der Waals surface area contributed by atoms with Gasteiger partial charge >= 0.3 is 0 Å². The molecule has 0 saturated carbocycles. The van der Waals surface area contributed by atoms with Gasteiger partial charge in [0.2, 0.25) is 0 Å². The number of aliphatic hydroxyl groups is 1. The first-order chi connectivity index (χ1) is 7.84. The normalized spacial score (nSPS) is 12.6. The number of aliphatic hydroxyl groups excluding tert-OH is 1. The zero-order chi connectivity index (χ0) is 13.2. The lowest BCUT2D eigenvalue weighted by Gasteiger charge is -2.23. The summed E-state index contributed by atoms with van der Waals surface area (Å²) in [6.07, 6.45) is -0.702. The van der Waals surface area contributed by atoms with Crippen molar-refractivity contribution >= 4 is 11.4 Å². The molecule has 1 N–H and O–H groups in total. The molecular formula is C12H18N2O3. The molecule has 1 rings (SSSR count). The Morgan fingerprint density at radius 1 is 1.35 bits per heavy atom. The molecular weight excluding hydrogens is 220 g/mol. The van der Waals surface area contributed by atoms with Crippen LogP contribution in [0.25, 0.3) is 0 Å². The van der Waals surface area contributed by atoms with Crippen LogP contribution in [-0.2, 0) is 0 Å². The monoisotopic (exact) mass is 238 g/mol. The Balaban J connectivity index is 3.27. The number of benzene rings is 1. The van der Waals surface area contributed by atoms with E-state index in [1.165, 1.54) is 6.07 Å². The predicted octanol–water partition coefficient (Wildman–Crippen LogP) is 2.49. The highest BCUT2D eigenvalue weighted by Gasteiger charge is 2.20. The average Bonchev–Trinajstić information content (AvgIpc) is 2.26. The lowest BCUT2D eigenvalue weighted by Crippen LogP contribution is -2.26. The maximum absolute atomic E-state index is 11.0. The van der Waals surface area contributed by atoms with E-state index in [0.29, 0.717) is 11.3 Å². The molecule has 0 spiro atoms. The molecule has 17 heavy (non-hydrogen) atoms. The number of hydrogen-bond acceptors (Lipinski definition) is 4. The van der Waals surface area contributed by atoms with Gasteiger partial charge in [-0.2, -0.15) is 0 Å². The molecule has 0 amide bonds. The van der Waals surface area contributed by atoms with E-state index < -0.39 is 11.0 Å². The molecule has 1 aromatic rings. The van der Waals surface area contributed by atoms with Gasteiger partial charge in [0.1, 0.15) is 5.69 Å². The summed E-state index contributed by atoms with van der Waals surface area (Å²) in [5, 5.41) is 20.5. The fraction of sp³-hybridized carbons (Fsp3) is 0.500. The lowest BCUT2D eigenvalue weighted by atomic mass is 10.1. The fourth-order valence-corrected chi connectivity index (χ4v) is 1.52. The summed E-state index contributed by atoms with van der Waals surface area (Å²) in [4.78, 5) is 12.4. The number of nitro benzene ring substituents is 1. The zero-order valence-electron chi connectivity index (χ0n) is 10.5. The van der Waals surface area contributed by atoms with Crippen LogP contribution in [0.15, 0.2) is 18.2 Å². The van der Waals surface area contributed by atoms with Crippen LogP contribution in [0.4, 0.5) is 11.4 Å². The molecule has 0 fully saturated rings. The van der Waals surface area contributed by atoms with E-state index in [1.54, 1.807) is 19.1 Å². The van der Waals surface area contributed by atoms with Crippen molar-refractivity contribution in [3.8, 4) is 0 Å². The third kappa shape index (κ3) is 2.94. The van der Waals surface area contributed by atoms with E-state index in [0.717, 1.165) is 0 Å². The molecule has 0 heterocycles. The summed E-state index contributed by atoms with van der Waals surface area (Å²) in [5.41, 5.74) is 1.15. The second kappa shape index (κ2) is 5.14. The SMILES string of the molecule is CC(C)N(C)c1ccc([C@H](C)O)cc1[N+](=O)[O-]. The summed E-state index contributed by atoms with van der Waals surface area (Å²) in [7, 11) is 1.81. The van der Waals surface area contributed by atoms with Crippen molar-refractivity contribution in [2.45, 2.75) is 32.9 Å². The molecule has 5 nitrogen and oxygen atoms in total. The molecule has 0 aliphatic rings. The van der Waals surface area contributed by atoms with Crippen molar-refractivity contribution < 1.29 is 10.0 Å². The summed E-state index contributed by atoms with van der Waals surface area (Å²) in [6.45, 7) is 5.52. The first-order valence-electron chi connectivity index (χ1n) is 5.53. The van der Waals surface area contributed by atoms with Gasteiger partial charge in [-0.3, -0.25) is 10.1 Å². The third-order valence-corrected chi connectivity index (χ3v) is 2.83. The van der Waals surface area contributed by atoms with E-state index in [9.17, 15) is 15.2 Å². The largest absolute Gasteiger partial charge is 0.389 e. The van der Waals surface area contributed by atoms with Gasteiger partial charge < -0.3 is 10.0 Å². The summed E-state index contributed by atoms with van der Waals surface area (Å²) < 4.78 is 0. The summed E-state index contributed by atoms with van der Waals surface area (Å²) >= 11 is 0. The predicted molar refractivity (Wildman–Crippen MR) is 67.3 cm³/mol. The number of nitro groups is 1. The Morgan fingerprint density at radius 2 is 1.94 bits per heavy atom. The molecule has 1 atom stereocenters. The highest BCUT2D eigenvalue weighted by atomic mass is 16.6. The molecule has 0 bridgehead atoms. The van der Waals surface area contributed by atoms with Crippen molar-refractivity contribution in [2.75, 3.05) is 11.9 Å². The summed E-state index contributed by atoms with van der Waals surface area (Å²) in [6, 6.07) is 5.00. The standard InChI is InChI=1S/C12H18N2O3/c1-8(2)13(4)11-6-5-10(9(3)15)7-12(11)14(16)17/h5-9,15H,1-4H3/t9-/m0/s1.